The number of rotatable bonds is 5. The SMILES string of the molecule is CC(Br)C(=O)c1nc(NC(=O)c2c(F)cccc2P)sc1-c1cccc(C(F)(F)F)c1. The number of carbonyl (C=O) groups is 2. The number of nitrogens with zero attached hydrogens (tertiary/aromatic N) is 1. The summed E-state index contributed by atoms with van der Waals surface area (Å²) in [6.45, 7) is 1.55. The first-order valence-electron chi connectivity index (χ1n) is 8.71. The summed E-state index contributed by atoms with van der Waals surface area (Å²) in [7, 11) is 2.25. The van der Waals surface area contributed by atoms with Gasteiger partial charge in [-0.25, -0.2) is 9.37 Å². The first-order valence-corrected chi connectivity index (χ1v) is 11.0. The quantitative estimate of drug-likeness (QED) is 0.199. The van der Waals surface area contributed by atoms with Crippen LogP contribution in [0.25, 0.3) is 10.4 Å². The Hall–Kier alpha value is -2.16. The van der Waals surface area contributed by atoms with E-state index in [0.717, 1.165) is 29.5 Å². The summed E-state index contributed by atoms with van der Waals surface area (Å²) in [6, 6.07) is 8.56. The lowest BCUT2D eigenvalue weighted by Gasteiger charge is -2.08. The number of nitrogens with one attached hydrogen (secondary N) is 1. The Kier molecular flexibility index (Phi) is 6.93. The number of alkyl halides is 4. The fourth-order valence-corrected chi connectivity index (χ4v) is 4.26. The Morgan fingerprint density at radius 2 is 1.87 bits per heavy atom. The van der Waals surface area contributed by atoms with Gasteiger partial charge < -0.3 is 0 Å². The lowest BCUT2D eigenvalue weighted by atomic mass is 10.1. The molecule has 0 aliphatic rings. The second-order valence-corrected chi connectivity index (χ2v) is 9.41. The molecule has 3 rings (SSSR count). The summed E-state index contributed by atoms with van der Waals surface area (Å²) in [4.78, 5) is 28.8. The summed E-state index contributed by atoms with van der Waals surface area (Å²) in [5.74, 6) is -2.01. The van der Waals surface area contributed by atoms with Crippen molar-refractivity contribution in [3.05, 3.63) is 65.1 Å². The van der Waals surface area contributed by atoms with Gasteiger partial charge in [0.1, 0.15) is 11.5 Å². The minimum absolute atomic E-state index is 0.0402. The highest BCUT2D eigenvalue weighted by Crippen LogP contribution is 2.38. The maximum atomic E-state index is 14.1. The fraction of sp³-hybridized carbons (Fsp3) is 0.150. The molecule has 1 N–H and O–H groups in total. The van der Waals surface area contributed by atoms with Crippen molar-refractivity contribution in [3.63, 3.8) is 0 Å². The second-order valence-electron chi connectivity index (χ2n) is 6.41. The van der Waals surface area contributed by atoms with Crippen molar-refractivity contribution in [2.45, 2.75) is 17.9 Å². The third kappa shape index (κ3) is 5.19. The molecule has 0 saturated carbocycles. The number of hydrogen-bond acceptors (Lipinski definition) is 4. The number of anilines is 1. The van der Waals surface area contributed by atoms with Crippen molar-refractivity contribution in [1.29, 1.82) is 0 Å². The van der Waals surface area contributed by atoms with Gasteiger partial charge >= 0.3 is 6.18 Å². The summed E-state index contributed by atoms with van der Waals surface area (Å²) in [6.07, 6.45) is -4.56. The Labute approximate surface area is 189 Å². The van der Waals surface area contributed by atoms with E-state index in [1.54, 1.807) is 6.92 Å². The molecule has 0 fully saturated rings. The smallest absolute Gasteiger partial charge is 0.298 e. The predicted octanol–water partition coefficient (Wildman–Crippen LogP) is 5.69. The van der Waals surface area contributed by atoms with Gasteiger partial charge in [0.05, 0.1) is 20.8 Å². The van der Waals surface area contributed by atoms with E-state index in [-0.39, 0.29) is 26.8 Å². The van der Waals surface area contributed by atoms with Crippen molar-refractivity contribution in [3.8, 4) is 10.4 Å². The molecule has 0 aliphatic heterocycles. The molecule has 1 amide bonds. The first kappa shape index (κ1) is 23.5. The number of ketones is 1. The largest absolute Gasteiger partial charge is 0.416 e. The lowest BCUT2D eigenvalue weighted by Crippen LogP contribution is -2.20. The molecule has 2 aromatic carbocycles. The number of amides is 1. The van der Waals surface area contributed by atoms with Crippen LogP contribution in [0.4, 0.5) is 22.7 Å². The average molecular weight is 533 g/mol. The number of halogens is 5. The summed E-state index contributed by atoms with van der Waals surface area (Å²) in [5, 5.41) is 2.71. The Bertz CT molecular complexity index is 1140. The van der Waals surface area contributed by atoms with Gasteiger partial charge in [0.2, 0.25) is 0 Å². The molecule has 1 heterocycles. The van der Waals surface area contributed by atoms with E-state index in [1.165, 1.54) is 24.3 Å². The van der Waals surface area contributed by atoms with Gasteiger partial charge in [-0.3, -0.25) is 14.9 Å². The highest BCUT2D eigenvalue weighted by molar-refractivity contribution is 9.10. The highest BCUT2D eigenvalue weighted by atomic mass is 79.9. The standard InChI is InChI=1S/C20H14BrF4N2O2PS/c1-9(21)16(28)15-17(10-4-2-5-11(8-10)20(23,24)25)31-19(26-15)27-18(29)14-12(22)6-3-7-13(14)30/h2-9H,30H2,1H3,(H,26,27,29). The van der Waals surface area contributed by atoms with Gasteiger partial charge in [-0.1, -0.05) is 51.5 Å². The lowest BCUT2D eigenvalue weighted by molar-refractivity contribution is -0.137. The maximum Gasteiger partial charge on any atom is 0.416 e. The fourth-order valence-electron chi connectivity index (χ4n) is 2.70. The van der Waals surface area contributed by atoms with E-state index in [1.807, 2.05) is 0 Å². The summed E-state index contributed by atoms with van der Waals surface area (Å²) < 4.78 is 53.5. The molecule has 0 aliphatic carbocycles. The van der Waals surface area contributed by atoms with Crippen LogP contribution in [-0.2, 0) is 6.18 Å². The minimum atomic E-state index is -4.56. The molecule has 0 spiro atoms. The summed E-state index contributed by atoms with van der Waals surface area (Å²) >= 11 is 3.97. The Morgan fingerprint density at radius 3 is 2.48 bits per heavy atom. The maximum absolute atomic E-state index is 14.1. The van der Waals surface area contributed by atoms with Crippen LogP contribution in [0, 0.1) is 5.82 Å². The van der Waals surface area contributed by atoms with E-state index >= 15 is 0 Å². The molecule has 3 aromatic rings. The van der Waals surface area contributed by atoms with Crippen molar-refractivity contribution < 1.29 is 27.2 Å². The molecular weight excluding hydrogens is 519 g/mol. The third-order valence-corrected chi connectivity index (χ3v) is 6.08. The second kappa shape index (κ2) is 9.14. The monoisotopic (exact) mass is 532 g/mol. The highest BCUT2D eigenvalue weighted by Gasteiger charge is 2.31. The molecule has 2 unspecified atom stereocenters. The van der Waals surface area contributed by atoms with Gasteiger partial charge in [-0.15, -0.1) is 9.24 Å². The van der Waals surface area contributed by atoms with Crippen LogP contribution >= 0.6 is 36.5 Å². The van der Waals surface area contributed by atoms with Gasteiger partial charge in [0.25, 0.3) is 5.91 Å². The van der Waals surface area contributed by atoms with Crippen LogP contribution in [0.3, 0.4) is 0 Å². The number of aromatic nitrogens is 1. The first-order chi connectivity index (χ1) is 14.5. The van der Waals surface area contributed by atoms with E-state index < -0.39 is 34.1 Å². The van der Waals surface area contributed by atoms with Crippen LogP contribution in [-0.4, -0.2) is 21.5 Å². The molecule has 2 atom stereocenters. The van der Waals surface area contributed by atoms with E-state index in [9.17, 15) is 27.2 Å². The molecule has 0 saturated heterocycles. The molecule has 11 heteroatoms. The topological polar surface area (TPSA) is 59.1 Å². The van der Waals surface area contributed by atoms with Crippen molar-refractivity contribution in [2.75, 3.05) is 5.32 Å². The molecule has 1 aromatic heterocycles. The van der Waals surface area contributed by atoms with Gasteiger partial charge in [-0.2, -0.15) is 13.2 Å². The van der Waals surface area contributed by atoms with Crippen LogP contribution in [0.15, 0.2) is 42.5 Å². The number of thiazole rings is 1. The zero-order chi connectivity index (χ0) is 22.9. The van der Waals surface area contributed by atoms with Crippen LogP contribution in [0.2, 0.25) is 0 Å². The van der Waals surface area contributed by atoms with Crippen molar-refractivity contribution in [2.24, 2.45) is 0 Å². The van der Waals surface area contributed by atoms with Gasteiger partial charge in [0, 0.05) is 0 Å². The molecule has 162 valence electrons. The van der Waals surface area contributed by atoms with Gasteiger partial charge in [-0.05, 0) is 36.0 Å². The molecule has 31 heavy (non-hydrogen) atoms. The molecule has 0 bridgehead atoms. The third-order valence-electron chi connectivity index (χ3n) is 4.17. The summed E-state index contributed by atoms with van der Waals surface area (Å²) in [5.41, 5.74) is -1.07. The van der Waals surface area contributed by atoms with Crippen LogP contribution < -0.4 is 10.6 Å². The van der Waals surface area contributed by atoms with Crippen LogP contribution in [0.1, 0.15) is 33.3 Å². The number of hydrogen-bond donors (Lipinski definition) is 1. The minimum Gasteiger partial charge on any atom is -0.298 e. The molecular formula is C20H14BrF4N2O2PS. The van der Waals surface area contributed by atoms with E-state index in [4.69, 9.17) is 0 Å². The van der Waals surface area contributed by atoms with E-state index in [2.05, 4.69) is 35.5 Å². The van der Waals surface area contributed by atoms with E-state index in [0.29, 0.717) is 5.30 Å². The number of benzene rings is 2. The van der Waals surface area contributed by atoms with Crippen molar-refractivity contribution >= 4 is 58.6 Å². The predicted molar refractivity (Wildman–Crippen MR) is 119 cm³/mol. The zero-order valence-electron chi connectivity index (χ0n) is 15.8. The van der Waals surface area contributed by atoms with Crippen molar-refractivity contribution in [1.82, 2.24) is 4.98 Å². The molecule has 0 radical (unpaired) electrons. The Balaban J connectivity index is 2.05. The average Bonchev–Trinajstić information content (AvgIpc) is 3.10. The Morgan fingerprint density at radius 1 is 1.19 bits per heavy atom. The zero-order valence-corrected chi connectivity index (χ0v) is 19.3. The normalized spacial score (nSPS) is 12.5. The van der Waals surface area contributed by atoms with Crippen LogP contribution in [0.5, 0.6) is 0 Å². The number of carbonyl (C=O) groups excluding carboxylic acids is 2. The number of Topliss-reactive ketones (excluding diaryl/α,β-unsaturated/α-hetero) is 1. The van der Waals surface area contributed by atoms with Gasteiger partial charge in [0.15, 0.2) is 10.9 Å². The molecule has 4 nitrogen and oxygen atoms in total.